The van der Waals surface area contributed by atoms with Crippen LogP contribution in [0.5, 0.6) is 0 Å². The van der Waals surface area contributed by atoms with Crippen molar-refractivity contribution >= 4 is 31.8 Å². The molecule has 0 aromatic carbocycles. The van der Waals surface area contributed by atoms with Gasteiger partial charge in [0.05, 0.1) is 11.4 Å². The highest BCUT2D eigenvalue weighted by atomic mass is 79.9. The Morgan fingerprint density at radius 1 is 1.26 bits per heavy atom. The molecule has 0 spiro atoms. The van der Waals surface area contributed by atoms with E-state index >= 15 is 0 Å². The molecule has 0 fully saturated rings. The minimum absolute atomic E-state index is 0.514. The molecule has 0 radical (unpaired) electrons. The van der Waals surface area contributed by atoms with E-state index in [1.807, 2.05) is 13.8 Å². The topological polar surface area (TPSA) is 62.3 Å². The van der Waals surface area contributed by atoms with Gasteiger partial charge in [-0.25, -0.2) is 4.98 Å². The van der Waals surface area contributed by atoms with E-state index in [2.05, 4.69) is 25.6 Å². The van der Waals surface area contributed by atoms with Crippen molar-refractivity contribution in [3.63, 3.8) is 0 Å². The smallest absolute Gasteiger partial charge is 0.269 e. The molecule has 0 atom stereocenters. The second-order valence-electron chi connectivity index (χ2n) is 4.27. The number of aromatic nitrogens is 1. The van der Waals surface area contributed by atoms with Crippen LogP contribution in [0, 0.1) is 6.92 Å². The van der Waals surface area contributed by atoms with Gasteiger partial charge in [0, 0.05) is 13.1 Å². The van der Waals surface area contributed by atoms with Crippen molar-refractivity contribution in [3.05, 3.63) is 22.4 Å². The van der Waals surface area contributed by atoms with Gasteiger partial charge in [0.25, 0.3) is 0 Å². The minimum atomic E-state index is -3.51. The zero-order valence-corrected chi connectivity index (χ0v) is 13.9. The first-order valence-electron chi connectivity index (χ1n) is 6.31. The van der Waals surface area contributed by atoms with Gasteiger partial charge in [0.1, 0.15) is 4.60 Å². The van der Waals surface area contributed by atoms with Gasteiger partial charge in [-0.2, -0.15) is 12.7 Å². The quantitative estimate of drug-likeness (QED) is 0.769. The van der Waals surface area contributed by atoms with E-state index in [9.17, 15) is 8.42 Å². The van der Waals surface area contributed by atoms with Crippen molar-refractivity contribution in [2.45, 2.75) is 33.6 Å². The third-order valence-corrected chi connectivity index (χ3v) is 4.54. The fraction of sp³-hybridized carbons (Fsp3) is 0.583. The fourth-order valence-electron chi connectivity index (χ4n) is 1.69. The Balaban J connectivity index is 2.93. The largest absolute Gasteiger partial charge is 0.301 e. The van der Waals surface area contributed by atoms with Crippen molar-refractivity contribution < 1.29 is 8.42 Å². The standard InChI is InChI=1S/C12H20BrN3O2S/c1-4-8-16(9-5-2)19(17,18)15-11-6-7-12(13)14-10(11)3/h6-7,15H,4-5,8-9H2,1-3H3. The molecule has 5 nitrogen and oxygen atoms in total. The van der Waals surface area contributed by atoms with Gasteiger partial charge in [-0.05, 0) is 47.8 Å². The molecule has 0 bridgehead atoms. The van der Waals surface area contributed by atoms with Crippen molar-refractivity contribution in [2.24, 2.45) is 0 Å². The van der Waals surface area contributed by atoms with Crippen LogP contribution >= 0.6 is 15.9 Å². The normalized spacial score (nSPS) is 11.8. The van der Waals surface area contributed by atoms with Crippen LogP contribution in [0.4, 0.5) is 5.69 Å². The number of nitrogens with zero attached hydrogens (tertiary/aromatic N) is 2. The molecular formula is C12H20BrN3O2S. The zero-order valence-electron chi connectivity index (χ0n) is 11.5. The number of hydrogen-bond donors (Lipinski definition) is 1. The maximum Gasteiger partial charge on any atom is 0.301 e. The molecule has 0 aliphatic rings. The first-order valence-corrected chi connectivity index (χ1v) is 8.55. The van der Waals surface area contributed by atoms with Crippen LogP contribution < -0.4 is 4.72 Å². The average Bonchev–Trinajstić information content (AvgIpc) is 2.32. The molecule has 1 heterocycles. The second-order valence-corrected chi connectivity index (χ2v) is 6.76. The number of halogens is 1. The van der Waals surface area contributed by atoms with Crippen molar-refractivity contribution in [2.75, 3.05) is 17.8 Å². The lowest BCUT2D eigenvalue weighted by Gasteiger charge is -2.22. The summed E-state index contributed by atoms with van der Waals surface area (Å²) in [6.07, 6.45) is 1.58. The third-order valence-electron chi connectivity index (χ3n) is 2.58. The molecule has 1 aromatic rings. The molecule has 108 valence electrons. The van der Waals surface area contributed by atoms with Gasteiger partial charge in [-0.15, -0.1) is 0 Å². The van der Waals surface area contributed by atoms with E-state index in [1.54, 1.807) is 19.1 Å². The maximum atomic E-state index is 12.3. The number of pyridine rings is 1. The molecule has 7 heteroatoms. The molecule has 0 unspecified atom stereocenters. The van der Waals surface area contributed by atoms with E-state index in [-0.39, 0.29) is 0 Å². The molecule has 0 aliphatic carbocycles. The molecule has 1 rings (SSSR count). The Morgan fingerprint density at radius 3 is 2.32 bits per heavy atom. The number of rotatable bonds is 7. The van der Waals surface area contributed by atoms with Gasteiger partial charge in [0.2, 0.25) is 0 Å². The molecule has 0 aliphatic heterocycles. The molecular weight excluding hydrogens is 330 g/mol. The molecule has 19 heavy (non-hydrogen) atoms. The number of aryl methyl sites for hydroxylation is 1. The molecule has 0 saturated heterocycles. The van der Waals surface area contributed by atoms with Crippen LogP contribution in [-0.4, -0.2) is 30.8 Å². The lowest BCUT2D eigenvalue weighted by molar-refractivity contribution is 0.413. The molecule has 0 amide bonds. The highest BCUT2D eigenvalue weighted by Gasteiger charge is 2.21. The molecule has 0 saturated carbocycles. The van der Waals surface area contributed by atoms with Crippen LogP contribution in [0.25, 0.3) is 0 Å². The van der Waals surface area contributed by atoms with Gasteiger partial charge < -0.3 is 0 Å². The van der Waals surface area contributed by atoms with E-state index in [1.165, 1.54) is 4.31 Å². The second kappa shape index (κ2) is 7.21. The number of anilines is 1. The summed E-state index contributed by atoms with van der Waals surface area (Å²) in [5, 5.41) is 0. The molecule has 1 N–H and O–H groups in total. The predicted octanol–water partition coefficient (Wildman–Crippen LogP) is 2.93. The van der Waals surface area contributed by atoms with Crippen LogP contribution in [0.3, 0.4) is 0 Å². The SMILES string of the molecule is CCCN(CCC)S(=O)(=O)Nc1ccc(Br)nc1C. The highest BCUT2D eigenvalue weighted by molar-refractivity contribution is 9.10. The van der Waals surface area contributed by atoms with Crippen molar-refractivity contribution in [3.8, 4) is 0 Å². The highest BCUT2D eigenvalue weighted by Crippen LogP contribution is 2.18. The third kappa shape index (κ3) is 4.74. The number of nitrogens with one attached hydrogen (secondary N) is 1. The lowest BCUT2D eigenvalue weighted by Crippen LogP contribution is -2.37. The zero-order chi connectivity index (χ0) is 14.5. The van der Waals surface area contributed by atoms with Crippen molar-refractivity contribution in [1.29, 1.82) is 0 Å². The first-order chi connectivity index (χ1) is 8.90. The summed E-state index contributed by atoms with van der Waals surface area (Å²) in [6, 6.07) is 3.43. The van der Waals surface area contributed by atoms with Gasteiger partial charge in [-0.3, -0.25) is 4.72 Å². The van der Waals surface area contributed by atoms with E-state index < -0.39 is 10.2 Å². The summed E-state index contributed by atoms with van der Waals surface area (Å²) in [6.45, 7) is 6.74. The number of hydrogen-bond acceptors (Lipinski definition) is 3. The van der Waals surface area contributed by atoms with Crippen LogP contribution in [0.1, 0.15) is 32.4 Å². The predicted molar refractivity (Wildman–Crippen MR) is 81.4 cm³/mol. The van der Waals surface area contributed by atoms with Crippen molar-refractivity contribution in [1.82, 2.24) is 9.29 Å². The summed E-state index contributed by atoms with van der Waals surface area (Å²) in [5.74, 6) is 0. The van der Waals surface area contributed by atoms with Gasteiger partial charge >= 0.3 is 10.2 Å². The van der Waals surface area contributed by atoms with Crippen LogP contribution in [0.15, 0.2) is 16.7 Å². The van der Waals surface area contributed by atoms with Crippen LogP contribution in [0.2, 0.25) is 0 Å². The maximum absolute atomic E-state index is 12.3. The minimum Gasteiger partial charge on any atom is -0.269 e. The van der Waals surface area contributed by atoms with Gasteiger partial charge in [0.15, 0.2) is 0 Å². The Morgan fingerprint density at radius 2 is 1.84 bits per heavy atom. The summed E-state index contributed by atoms with van der Waals surface area (Å²) < 4.78 is 29.3. The Bertz CT molecular complexity index is 514. The van der Waals surface area contributed by atoms with E-state index in [0.717, 1.165) is 12.8 Å². The lowest BCUT2D eigenvalue weighted by atomic mass is 10.3. The Hall–Kier alpha value is -0.660. The summed E-state index contributed by atoms with van der Waals surface area (Å²) in [4.78, 5) is 4.18. The summed E-state index contributed by atoms with van der Waals surface area (Å²) in [5.41, 5.74) is 1.16. The average molecular weight is 350 g/mol. The monoisotopic (exact) mass is 349 g/mol. The Labute approximate surface area is 123 Å². The summed E-state index contributed by atoms with van der Waals surface area (Å²) in [7, 11) is -3.51. The van der Waals surface area contributed by atoms with Gasteiger partial charge in [-0.1, -0.05) is 13.8 Å². The first kappa shape index (κ1) is 16.4. The summed E-state index contributed by atoms with van der Waals surface area (Å²) >= 11 is 3.26. The fourth-order valence-corrected chi connectivity index (χ4v) is 3.56. The van der Waals surface area contributed by atoms with Crippen LogP contribution in [-0.2, 0) is 10.2 Å². The molecule has 1 aromatic heterocycles. The van der Waals surface area contributed by atoms with E-state index in [4.69, 9.17) is 0 Å². The Kier molecular flexibility index (Phi) is 6.22. The van der Waals surface area contributed by atoms with E-state index in [0.29, 0.717) is 29.1 Å².